The molecular formula is C26H33N5O3S2. The van der Waals surface area contributed by atoms with E-state index in [1.807, 2.05) is 6.07 Å². The number of aliphatic hydroxyl groups excluding tert-OH is 1. The lowest BCUT2D eigenvalue weighted by atomic mass is 9.94. The van der Waals surface area contributed by atoms with Crippen LogP contribution >= 0.6 is 11.3 Å². The van der Waals surface area contributed by atoms with Gasteiger partial charge >= 0.3 is 0 Å². The molecule has 36 heavy (non-hydrogen) atoms. The third-order valence-corrected chi connectivity index (χ3v) is 9.52. The molecule has 0 spiro atoms. The summed E-state index contributed by atoms with van der Waals surface area (Å²) in [5.41, 5.74) is 1.10. The third kappa shape index (κ3) is 5.88. The van der Waals surface area contributed by atoms with Crippen LogP contribution < -0.4 is 9.62 Å². The van der Waals surface area contributed by atoms with Gasteiger partial charge in [-0.05, 0) is 76.1 Å². The molecule has 2 aromatic carbocycles. The first-order chi connectivity index (χ1) is 17.1. The Kier molecular flexibility index (Phi) is 7.97. The SMILES string of the molecule is CN(CCCO)C1CCN(c2nc3ccc(S(=O)(=O)NC(C)(C)c4cccc(C#N)c4)cc3s2)CC1. The quantitative estimate of drug-likeness (QED) is 0.437. The molecule has 2 heterocycles. The van der Waals surface area contributed by atoms with Crippen LogP contribution in [0, 0.1) is 11.3 Å². The van der Waals surface area contributed by atoms with Gasteiger partial charge in [-0.1, -0.05) is 23.5 Å². The predicted octanol–water partition coefficient (Wildman–Crippen LogP) is 3.66. The molecule has 1 fully saturated rings. The molecule has 1 aromatic heterocycles. The number of benzene rings is 2. The average Bonchev–Trinajstić information content (AvgIpc) is 3.30. The smallest absolute Gasteiger partial charge is 0.241 e. The normalized spacial score (nSPS) is 15.5. The number of hydrogen-bond acceptors (Lipinski definition) is 8. The maximum atomic E-state index is 13.3. The lowest BCUT2D eigenvalue weighted by molar-refractivity contribution is 0.184. The monoisotopic (exact) mass is 527 g/mol. The standard InChI is InChI=1S/C26H33N5O3S2/c1-26(2,20-7-4-6-19(16-20)18-27)29-36(33,34)22-8-9-23-24(17-22)35-25(28-23)31-13-10-21(11-14-31)30(3)12-5-15-32/h4,6-9,16-17,21,29,32H,5,10-15H2,1-3H3. The number of thiazole rings is 1. The minimum Gasteiger partial charge on any atom is -0.396 e. The van der Waals surface area contributed by atoms with Gasteiger partial charge in [0.05, 0.1) is 32.3 Å². The Morgan fingerprint density at radius 1 is 1.25 bits per heavy atom. The van der Waals surface area contributed by atoms with E-state index in [1.54, 1.807) is 50.2 Å². The van der Waals surface area contributed by atoms with E-state index in [0.717, 1.165) is 59.8 Å². The number of fused-ring (bicyclic) bond motifs is 1. The Labute approximate surface area is 217 Å². The molecular weight excluding hydrogens is 494 g/mol. The van der Waals surface area contributed by atoms with Crippen molar-refractivity contribution in [3.8, 4) is 6.07 Å². The number of hydrogen-bond donors (Lipinski definition) is 2. The molecule has 0 aliphatic carbocycles. The van der Waals surface area contributed by atoms with E-state index < -0.39 is 15.6 Å². The first-order valence-electron chi connectivity index (χ1n) is 12.1. The fourth-order valence-corrected chi connectivity index (χ4v) is 7.19. The first kappa shape index (κ1) is 26.5. The zero-order chi connectivity index (χ0) is 25.9. The molecule has 0 amide bonds. The van der Waals surface area contributed by atoms with Gasteiger partial charge in [0.25, 0.3) is 0 Å². The van der Waals surface area contributed by atoms with Gasteiger partial charge in [-0.3, -0.25) is 0 Å². The van der Waals surface area contributed by atoms with Crippen molar-refractivity contribution in [2.45, 2.75) is 49.6 Å². The van der Waals surface area contributed by atoms with Crippen molar-refractivity contribution in [2.75, 3.05) is 38.2 Å². The summed E-state index contributed by atoms with van der Waals surface area (Å²) in [6.07, 6.45) is 2.85. The number of nitrogens with zero attached hydrogens (tertiary/aromatic N) is 4. The van der Waals surface area contributed by atoms with Crippen LogP contribution in [-0.2, 0) is 15.6 Å². The summed E-state index contributed by atoms with van der Waals surface area (Å²) in [5.74, 6) is 0. The van der Waals surface area contributed by atoms with Gasteiger partial charge in [0, 0.05) is 32.3 Å². The number of rotatable bonds is 9. The summed E-state index contributed by atoms with van der Waals surface area (Å²) in [7, 11) is -1.69. The molecule has 2 N–H and O–H groups in total. The second-order valence-electron chi connectivity index (χ2n) is 9.83. The molecule has 192 valence electrons. The first-order valence-corrected chi connectivity index (χ1v) is 14.4. The Hall–Kier alpha value is -2.55. The molecule has 1 saturated heterocycles. The molecule has 10 heteroatoms. The molecule has 0 saturated carbocycles. The average molecular weight is 528 g/mol. The maximum absolute atomic E-state index is 13.3. The summed E-state index contributed by atoms with van der Waals surface area (Å²) >= 11 is 1.52. The number of piperidine rings is 1. The highest BCUT2D eigenvalue weighted by molar-refractivity contribution is 7.89. The molecule has 1 aliphatic rings. The summed E-state index contributed by atoms with van der Waals surface area (Å²) in [4.78, 5) is 9.57. The van der Waals surface area contributed by atoms with Crippen LogP contribution in [0.1, 0.15) is 44.2 Å². The van der Waals surface area contributed by atoms with Gasteiger partial charge in [0.2, 0.25) is 10.0 Å². The number of anilines is 1. The largest absolute Gasteiger partial charge is 0.396 e. The van der Waals surface area contributed by atoms with Crippen molar-refractivity contribution >= 4 is 36.7 Å². The zero-order valence-electron chi connectivity index (χ0n) is 20.9. The highest BCUT2D eigenvalue weighted by atomic mass is 32.2. The molecule has 0 atom stereocenters. The fraction of sp³-hybridized carbons (Fsp3) is 0.462. The van der Waals surface area contributed by atoms with Crippen molar-refractivity contribution in [3.05, 3.63) is 53.6 Å². The van der Waals surface area contributed by atoms with Crippen LogP contribution in [0.25, 0.3) is 10.2 Å². The summed E-state index contributed by atoms with van der Waals surface area (Å²) in [6, 6.07) is 14.6. The highest BCUT2D eigenvalue weighted by Gasteiger charge is 2.29. The van der Waals surface area contributed by atoms with Crippen LogP contribution in [0.2, 0.25) is 0 Å². The van der Waals surface area contributed by atoms with Crippen LogP contribution in [0.15, 0.2) is 47.4 Å². The van der Waals surface area contributed by atoms with Gasteiger partial charge < -0.3 is 14.9 Å². The molecule has 8 nitrogen and oxygen atoms in total. The van der Waals surface area contributed by atoms with Crippen LogP contribution in [0.3, 0.4) is 0 Å². The fourth-order valence-electron chi connectivity index (χ4n) is 4.63. The molecule has 3 aromatic rings. The summed E-state index contributed by atoms with van der Waals surface area (Å²) in [5, 5.41) is 19.2. The maximum Gasteiger partial charge on any atom is 0.241 e. The number of sulfonamides is 1. The van der Waals surface area contributed by atoms with E-state index in [0.29, 0.717) is 11.6 Å². The summed E-state index contributed by atoms with van der Waals surface area (Å²) < 4.78 is 30.2. The molecule has 0 radical (unpaired) electrons. The van der Waals surface area contributed by atoms with E-state index >= 15 is 0 Å². The van der Waals surface area contributed by atoms with Crippen molar-refractivity contribution in [1.29, 1.82) is 5.26 Å². The minimum absolute atomic E-state index is 0.193. The topological polar surface area (TPSA) is 110 Å². The van der Waals surface area contributed by atoms with Crippen LogP contribution in [-0.4, -0.2) is 62.7 Å². The van der Waals surface area contributed by atoms with E-state index in [2.05, 4.69) is 27.6 Å². The number of aromatic nitrogens is 1. The van der Waals surface area contributed by atoms with Gasteiger partial charge in [0.1, 0.15) is 0 Å². The minimum atomic E-state index is -3.81. The Bertz CT molecular complexity index is 1360. The van der Waals surface area contributed by atoms with Gasteiger partial charge in [-0.15, -0.1) is 0 Å². The van der Waals surface area contributed by atoms with Crippen LogP contribution in [0.5, 0.6) is 0 Å². The second-order valence-corrected chi connectivity index (χ2v) is 12.5. The number of aliphatic hydroxyl groups is 1. The Morgan fingerprint density at radius 2 is 2.00 bits per heavy atom. The van der Waals surface area contributed by atoms with Crippen LogP contribution in [0.4, 0.5) is 5.13 Å². The molecule has 0 bridgehead atoms. The Balaban J connectivity index is 1.48. The number of nitrogens with one attached hydrogen (secondary N) is 1. The number of nitriles is 1. The van der Waals surface area contributed by atoms with Gasteiger partial charge in [0.15, 0.2) is 5.13 Å². The Morgan fingerprint density at radius 3 is 2.69 bits per heavy atom. The van der Waals surface area contributed by atoms with Gasteiger partial charge in [-0.25, -0.2) is 18.1 Å². The van der Waals surface area contributed by atoms with Gasteiger partial charge in [-0.2, -0.15) is 5.26 Å². The third-order valence-electron chi connectivity index (χ3n) is 6.79. The highest BCUT2D eigenvalue weighted by Crippen LogP contribution is 2.33. The lowest BCUT2D eigenvalue weighted by Gasteiger charge is -2.36. The second kappa shape index (κ2) is 10.8. The zero-order valence-corrected chi connectivity index (χ0v) is 22.6. The van der Waals surface area contributed by atoms with E-state index in [-0.39, 0.29) is 11.5 Å². The predicted molar refractivity (Wildman–Crippen MR) is 144 cm³/mol. The molecule has 0 unspecified atom stereocenters. The van der Waals surface area contributed by atoms with Crippen molar-refractivity contribution in [3.63, 3.8) is 0 Å². The van der Waals surface area contributed by atoms with E-state index in [9.17, 15) is 13.7 Å². The summed E-state index contributed by atoms with van der Waals surface area (Å²) in [6.45, 7) is 6.49. The van der Waals surface area contributed by atoms with E-state index in [1.165, 1.54) is 11.3 Å². The molecule has 4 rings (SSSR count). The lowest BCUT2D eigenvalue weighted by Crippen LogP contribution is -2.43. The van der Waals surface area contributed by atoms with Crippen molar-refractivity contribution in [2.24, 2.45) is 0 Å². The van der Waals surface area contributed by atoms with Crippen molar-refractivity contribution < 1.29 is 13.5 Å². The van der Waals surface area contributed by atoms with Crippen molar-refractivity contribution in [1.82, 2.24) is 14.6 Å². The van der Waals surface area contributed by atoms with E-state index in [4.69, 9.17) is 10.1 Å². The molecule has 1 aliphatic heterocycles.